The van der Waals surface area contributed by atoms with Crippen molar-refractivity contribution in [3.05, 3.63) is 0 Å². The number of hydrogen-bond donors (Lipinski definition) is 2. The molecule has 0 atom stereocenters. The third kappa shape index (κ3) is 1.58. The fraction of sp³-hybridized carbons (Fsp3) is 0.875. The summed E-state index contributed by atoms with van der Waals surface area (Å²) in [6.45, 7) is 1.73. The van der Waals surface area contributed by atoms with E-state index in [0.717, 1.165) is 13.1 Å². The maximum Gasteiger partial charge on any atom is 0.471 e. The van der Waals surface area contributed by atoms with Gasteiger partial charge in [-0.1, -0.05) is 0 Å². The van der Waals surface area contributed by atoms with E-state index in [2.05, 4.69) is 5.32 Å². The first kappa shape index (κ1) is 9.76. The van der Waals surface area contributed by atoms with Crippen LogP contribution in [0.2, 0.25) is 0 Å². The first-order valence-corrected chi connectivity index (χ1v) is 4.50. The minimum Gasteiger partial charge on any atom is -0.346 e. The molecule has 1 saturated carbocycles. The second-order valence-electron chi connectivity index (χ2n) is 4.18. The lowest BCUT2D eigenvalue weighted by molar-refractivity contribution is -0.176. The summed E-state index contributed by atoms with van der Waals surface area (Å²) in [5.41, 5.74) is 0.184. The van der Waals surface area contributed by atoms with Gasteiger partial charge in [-0.15, -0.1) is 0 Å². The molecule has 1 aliphatic carbocycles. The Bertz CT molecular complexity index is 252. The Morgan fingerprint density at radius 2 is 1.93 bits per heavy atom. The van der Waals surface area contributed by atoms with Gasteiger partial charge in [0, 0.05) is 19.1 Å². The summed E-state index contributed by atoms with van der Waals surface area (Å²) in [6, 6.07) is -0.286. The molecule has 0 aromatic rings. The van der Waals surface area contributed by atoms with Gasteiger partial charge in [0.1, 0.15) is 0 Å². The first-order valence-electron chi connectivity index (χ1n) is 4.50. The number of alkyl halides is 3. The molecule has 2 aliphatic rings. The predicted octanol–water partition coefficient (Wildman–Crippen LogP) is 0.417. The van der Waals surface area contributed by atoms with Crippen LogP contribution in [0.5, 0.6) is 0 Å². The van der Waals surface area contributed by atoms with E-state index < -0.39 is 12.1 Å². The van der Waals surface area contributed by atoms with E-state index in [0.29, 0.717) is 12.8 Å². The van der Waals surface area contributed by atoms with Crippen LogP contribution in [0.25, 0.3) is 0 Å². The highest BCUT2D eigenvalue weighted by Gasteiger charge is 2.50. The number of rotatable bonds is 1. The van der Waals surface area contributed by atoms with E-state index in [1.807, 2.05) is 5.32 Å². The Labute approximate surface area is 79.0 Å². The summed E-state index contributed by atoms with van der Waals surface area (Å²) in [5.74, 6) is -1.82. The van der Waals surface area contributed by atoms with Gasteiger partial charge in [0.15, 0.2) is 0 Å². The number of carbonyl (C=O) groups excluding carboxylic acids is 1. The summed E-state index contributed by atoms with van der Waals surface area (Å²) in [4.78, 5) is 10.5. The van der Waals surface area contributed by atoms with Crippen LogP contribution in [0.3, 0.4) is 0 Å². The highest BCUT2D eigenvalue weighted by Crippen LogP contribution is 2.44. The maximum absolute atomic E-state index is 11.8. The third-order valence-corrected chi connectivity index (χ3v) is 2.95. The van der Waals surface area contributed by atoms with Crippen molar-refractivity contribution in [3.63, 3.8) is 0 Å². The standard InChI is InChI=1S/C8H11F3N2O/c9-8(10,11)6(14)13-5-1-7(2-5)3-12-4-7/h5,12H,1-4H2,(H,13,14). The average molecular weight is 208 g/mol. The maximum atomic E-state index is 11.8. The molecule has 14 heavy (non-hydrogen) atoms. The van der Waals surface area contributed by atoms with Crippen molar-refractivity contribution in [3.8, 4) is 0 Å². The molecule has 0 bridgehead atoms. The van der Waals surface area contributed by atoms with Crippen molar-refractivity contribution in [2.24, 2.45) is 5.41 Å². The molecule has 2 N–H and O–H groups in total. The van der Waals surface area contributed by atoms with E-state index in [1.165, 1.54) is 0 Å². The summed E-state index contributed by atoms with van der Waals surface area (Å²) in [7, 11) is 0. The Kier molecular flexibility index (Phi) is 1.99. The molecule has 1 amide bonds. The lowest BCUT2D eigenvalue weighted by Gasteiger charge is -2.54. The van der Waals surface area contributed by atoms with Gasteiger partial charge in [-0.05, 0) is 18.3 Å². The summed E-state index contributed by atoms with van der Waals surface area (Å²) in [5, 5.41) is 5.06. The molecule has 0 radical (unpaired) electrons. The molecule has 3 nitrogen and oxygen atoms in total. The van der Waals surface area contributed by atoms with Crippen molar-refractivity contribution in [1.82, 2.24) is 10.6 Å². The Hall–Kier alpha value is -0.780. The molecule has 1 aliphatic heterocycles. The van der Waals surface area contributed by atoms with E-state index in [1.54, 1.807) is 0 Å². The summed E-state index contributed by atoms with van der Waals surface area (Å²) >= 11 is 0. The van der Waals surface area contributed by atoms with Crippen molar-refractivity contribution < 1.29 is 18.0 Å². The highest BCUT2D eigenvalue weighted by molar-refractivity contribution is 5.82. The molecule has 80 valence electrons. The van der Waals surface area contributed by atoms with Crippen molar-refractivity contribution in [2.45, 2.75) is 25.1 Å². The average Bonchev–Trinajstić information content (AvgIpc) is 1.88. The predicted molar refractivity (Wildman–Crippen MR) is 42.5 cm³/mol. The van der Waals surface area contributed by atoms with E-state index in [4.69, 9.17) is 0 Å². The van der Waals surface area contributed by atoms with E-state index in [-0.39, 0.29) is 11.5 Å². The molecule has 1 spiro atoms. The van der Waals surface area contributed by atoms with Crippen LogP contribution in [0.15, 0.2) is 0 Å². The van der Waals surface area contributed by atoms with Crippen molar-refractivity contribution >= 4 is 5.91 Å². The topological polar surface area (TPSA) is 41.1 Å². The highest BCUT2D eigenvalue weighted by atomic mass is 19.4. The number of halogens is 3. The Balaban J connectivity index is 1.76. The fourth-order valence-corrected chi connectivity index (χ4v) is 2.12. The monoisotopic (exact) mass is 208 g/mol. The normalized spacial score (nSPS) is 25.4. The molecule has 2 rings (SSSR count). The lowest BCUT2D eigenvalue weighted by Crippen LogP contribution is -2.65. The largest absolute Gasteiger partial charge is 0.471 e. The van der Waals surface area contributed by atoms with Crippen LogP contribution >= 0.6 is 0 Å². The van der Waals surface area contributed by atoms with Gasteiger partial charge >= 0.3 is 12.1 Å². The molecule has 0 aromatic carbocycles. The fourth-order valence-electron chi connectivity index (χ4n) is 2.12. The lowest BCUT2D eigenvalue weighted by atomic mass is 9.61. The Morgan fingerprint density at radius 3 is 2.29 bits per heavy atom. The van der Waals surface area contributed by atoms with Crippen molar-refractivity contribution in [2.75, 3.05) is 13.1 Å². The van der Waals surface area contributed by atoms with Crippen LogP contribution in [0.4, 0.5) is 13.2 Å². The minimum atomic E-state index is -4.75. The number of hydrogen-bond acceptors (Lipinski definition) is 2. The SMILES string of the molecule is O=C(NC1CC2(CNC2)C1)C(F)(F)F. The van der Waals surface area contributed by atoms with Crippen LogP contribution in [0.1, 0.15) is 12.8 Å². The zero-order valence-electron chi connectivity index (χ0n) is 7.45. The minimum absolute atomic E-state index is 0.184. The van der Waals surface area contributed by atoms with E-state index >= 15 is 0 Å². The van der Waals surface area contributed by atoms with Gasteiger partial charge in [-0.3, -0.25) is 4.79 Å². The summed E-state index contributed by atoms with van der Waals surface area (Å²) in [6.07, 6.45) is -3.41. The van der Waals surface area contributed by atoms with Gasteiger partial charge in [0.2, 0.25) is 0 Å². The van der Waals surface area contributed by atoms with Gasteiger partial charge in [0.05, 0.1) is 0 Å². The second kappa shape index (κ2) is 2.85. The number of nitrogens with one attached hydrogen (secondary N) is 2. The van der Waals surface area contributed by atoms with Gasteiger partial charge < -0.3 is 10.6 Å². The molecular weight excluding hydrogens is 197 g/mol. The van der Waals surface area contributed by atoms with Gasteiger partial charge in [-0.25, -0.2) is 0 Å². The molecule has 0 aromatic heterocycles. The van der Waals surface area contributed by atoms with Crippen LogP contribution in [-0.4, -0.2) is 31.2 Å². The zero-order chi connectivity index (χ0) is 10.4. The van der Waals surface area contributed by atoms with Crippen LogP contribution in [-0.2, 0) is 4.79 Å². The van der Waals surface area contributed by atoms with Crippen molar-refractivity contribution in [1.29, 1.82) is 0 Å². The molecular formula is C8H11F3N2O. The molecule has 0 unspecified atom stereocenters. The van der Waals surface area contributed by atoms with Gasteiger partial charge in [0.25, 0.3) is 0 Å². The molecule has 6 heteroatoms. The van der Waals surface area contributed by atoms with Gasteiger partial charge in [-0.2, -0.15) is 13.2 Å². The Morgan fingerprint density at radius 1 is 1.36 bits per heavy atom. The quantitative estimate of drug-likeness (QED) is 0.655. The van der Waals surface area contributed by atoms with E-state index in [9.17, 15) is 18.0 Å². The summed E-state index contributed by atoms with van der Waals surface area (Å²) < 4.78 is 35.5. The second-order valence-corrected chi connectivity index (χ2v) is 4.18. The molecule has 1 saturated heterocycles. The molecule has 2 fully saturated rings. The molecule has 1 heterocycles. The smallest absolute Gasteiger partial charge is 0.346 e. The number of carbonyl (C=O) groups is 1. The van der Waals surface area contributed by atoms with Crippen LogP contribution < -0.4 is 10.6 Å². The number of amides is 1. The zero-order valence-corrected chi connectivity index (χ0v) is 7.45. The van der Waals surface area contributed by atoms with Crippen LogP contribution in [0, 0.1) is 5.41 Å². The third-order valence-electron chi connectivity index (χ3n) is 2.95. The first-order chi connectivity index (χ1) is 6.41.